The lowest BCUT2D eigenvalue weighted by molar-refractivity contribution is -0.161. The van der Waals surface area contributed by atoms with Gasteiger partial charge in [-0.25, -0.2) is 4.57 Å². The van der Waals surface area contributed by atoms with Gasteiger partial charge in [0, 0.05) is 19.3 Å². The van der Waals surface area contributed by atoms with Crippen LogP contribution in [0.3, 0.4) is 0 Å². The molecular formula is C60H97O11P. The number of phosphoric ester groups is 1. The number of carbonyl (C=O) groups excluding carboxylic acids is 3. The second-order valence-electron chi connectivity index (χ2n) is 17.6. The van der Waals surface area contributed by atoms with Crippen molar-refractivity contribution in [1.82, 2.24) is 0 Å². The smallest absolute Gasteiger partial charge is 0.462 e. The molecular weight excluding hydrogens is 928 g/mol. The molecule has 0 fully saturated rings. The normalized spacial score (nSPS) is 14.3. The highest BCUT2D eigenvalue weighted by molar-refractivity contribution is 7.47. The molecule has 408 valence electrons. The Morgan fingerprint density at radius 3 is 1.06 bits per heavy atom. The first kappa shape index (κ1) is 67.9. The molecule has 12 heteroatoms. The van der Waals surface area contributed by atoms with Crippen molar-refractivity contribution in [2.24, 2.45) is 0 Å². The maximum atomic E-state index is 12.9. The molecule has 0 bridgehead atoms. The minimum atomic E-state index is -4.77. The molecule has 11 nitrogen and oxygen atoms in total. The van der Waals surface area contributed by atoms with E-state index in [9.17, 15) is 28.9 Å². The molecule has 3 unspecified atom stereocenters. The van der Waals surface area contributed by atoms with Crippen LogP contribution in [0.4, 0.5) is 0 Å². The molecule has 0 aliphatic carbocycles. The van der Waals surface area contributed by atoms with Crippen molar-refractivity contribution in [2.45, 2.75) is 213 Å². The van der Waals surface area contributed by atoms with Gasteiger partial charge in [-0.15, -0.1) is 0 Å². The number of carbonyl (C=O) groups is 3. The topological polar surface area (TPSA) is 155 Å². The zero-order valence-electron chi connectivity index (χ0n) is 44.8. The van der Waals surface area contributed by atoms with Crippen LogP contribution < -0.4 is 0 Å². The summed E-state index contributed by atoms with van der Waals surface area (Å²) in [5, 5.41) is 9.79. The van der Waals surface area contributed by atoms with E-state index in [1.54, 1.807) is 0 Å². The van der Waals surface area contributed by atoms with E-state index in [0.29, 0.717) is 19.3 Å². The van der Waals surface area contributed by atoms with Crippen LogP contribution in [0.2, 0.25) is 0 Å². The fourth-order valence-electron chi connectivity index (χ4n) is 6.79. The van der Waals surface area contributed by atoms with Crippen LogP contribution in [0, 0.1) is 0 Å². The standard InChI is InChI=1S/C60H97O11P/c1-4-7-10-13-16-19-22-25-27-28-30-32-34-37-40-43-46-49-58(62)67-53-57(71-60(64)51-48-45-42-39-36-33-29-26-23-20-17-14-11-8-5-2)55-69-72(65,66)68-54-56(52-61)70-59(63)50-47-44-41-38-35-31-24-21-18-15-12-9-6-3/h7-12,16-21,25-27,29-32,35,56-57,61H,4-6,13-15,22-24,28,33-34,36-55H2,1-3H3,(H,65,66)/b10-7-,11-8-,12-9-,19-16-,20-17-,21-18-,27-25-,29-26-,32-30-,35-31-. The van der Waals surface area contributed by atoms with Gasteiger partial charge in [0.15, 0.2) is 6.10 Å². The summed E-state index contributed by atoms with van der Waals surface area (Å²) in [6.07, 6.45) is 64.5. The Hall–Kier alpha value is -4.12. The second kappa shape index (κ2) is 53.2. The van der Waals surface area contributed by atoms with Gasteiger partial charge >= 0.3 is 25.7 Å². The number of unbranched alkanes of at least 4 members (excludes halogenated alkanes) is 12. The molecule has 0 aromatic rings. The van der Waals surface area contributed by atoms with Crippen molar-refractivity contribution < 1.29 is 52.2 Å². The summed E-state index contributed by atoms with van der Waals surface area (Å²) in [6.45, 7) is 4.19. The first-order chi connectivity index (χ1) is 35.2. The van der Waals surface area contributed by atoms with E-state index in [1.165, 1.54) is 0 Å². The quantitative estimate of drug-likeness (QED) is 0.0197. The Morgan fingerprint density at radius 1 is 0.389 bits per heavy atom. The SMILES string of the molecule is CC/C=C\C/C=C\C/C=C\C/C=C\CCCCCCC(=O)OCC(COP(=O)(O)OCC(CO)OC(=O)CCCCC/C=C\C/C=C\C/C=C\CC)OC(=O)CCCCCCC/C=C\C/C=C\C/C=C\CC. The van der Waals surface area contributed by atoms with Gasteiger partial charge < -0.3 is 24.2 Å². The Kier molecular flexibility index (Phi) is 50.1. The fraction of sp³-hybridized carbons (Fsp3) is 0.617. The first-order valence-electron chi connectivity index (χ1n) is 27.4. The minimum absolute atomic E-state index is 0.133. The molecule has 72 heavy (non-hydrogen) atoms. The Bertz CT molecular complexity index is 1670. The molecule has 0 saturated carbocycles. The van der Waals surface area contributed by atoms with Gasteiger partial charge in [-0.3, -0.25) is 23.4 Å². The van der Waals surface area contributed by atoms with E-state index in [0.717, 1.165) is 141 Å². The molecule has 0 aromatic carbocycles. The average molecular weight is 1030 g/mol. The van der Waals surface area contributed by atoms with E-state index in [-0.39, 0.29) is 25.9 Å². The highest BCUT2D eigenvalue weighted by atomic mass is 31.2. The maximum Gasteiger partial charge on any atom is 0.472 e. The molecule has 2 N–H and O–H groups in total. The van der Waals surface area contributed by atoms with Crippen LogP contribution in [-0.2, 0) is 42.2 Å². The lowest BCUT2D eigenvalue weighted by Gasteiger charge is -2.21. The van der Waals surface area contributed by atoms with Crippen LogP contribution >= 0.6 is 7.82 Å². The number of hydrogen-bond donors (Lipinski definition) is 2. The predicted molar refractivity (Wildman–Crippen MR) is 297 cm³/mol. The molecule has 3 atom stereocenters. The Labute approximate surface area is 437 Å². The number of hydrogen-bond acceptors (Lipinski definition) is 10. The summed E-state index contributed by atoms with van der Waals surface area (Å²) in [5.41, 5.74) is 0. The van der Waals surface area contributed by atoms with E-state index >= 15 is 0 Å². The Morgan fingerprint density at radius 2 is 0.681 bits per heavy atom. The molecule has 0 spiro atoms. The van der Waals surface area contributed by atoms with Gasteiger partial charge in [0.25, 0.3) is 0 Å². The number of aliphatic hydroxyl groups is 1. The van der Waals surface area contributed by atoms with Gasteiger partial charge in [-0.2, -0.15) is 0 Å². The number of rotatable bonds is 49. The van der Waals surface area contributed by atoms with Gasteiger partial charge in [-0.1, -0.05) is 181 Å². The molecule has 0 aliphatic heterocycles. The Balaban J connectivity index is 4.85. The van der Waals surface area contributed by atoms with Gasteiger partial charge in [0.2, 0.25) is 0 Å². The number of ether oxygens (including phenoxy) is 3. The highest BCUT2D eigenvalue weighted by Gasteiger charge is 2.28. The third-order valence-electron chi connectivity index (χ3n) is 10.9. The monoisotopic (exact) mass is 1020 g/mol. The molecule has 0 aromatic heterocycles. The number of allylic oxidation sites excluding steroid dienone is 20. The van der Waals surface area contributed by atoms with Crippen molar-refractivity contribution in [2.75, 3.05) is 26.4 Å². The summed E-state index contributed by atoms with van der Waals surface area (Å²) in [7, 11) is -4.77. The zero-order chi connectivity index (χ0) is 52.7. The number of phosphoric acid groups is 1. The van der Waals surface area contributed by atoms with Crippen LogP contribution in [0.25, 0.3) is 0 Å². The fourth-order valence-corrected chi connectivity index (χ4v) is 7.57. The summed E-state index contributed by atoms with van der Waals surface area (Å²) < 4.78 is 39.4. The van der Waals surface area contributed by atoms with Crippen LogP contribution in [0.15, 0.2) is 122 Å². The van der Waals surface area contributed by atoms with Crippen molar-refractivity contribution in [3.05, 3.63) is 122 Å². The molecule has 0 rings (SSSR count). The van der Waals surface area contributed by atoms with Gasteiger partial charge in [-0.05, 0) is 122 Å². The van der Waals surface area contributed by atoms with E-state index in [2.05, 4.69) is 142 Å². The molecule has 0 amide bonds. The van der Waals surface area contributed by atoms with Crippen molar-refractivity contribution in [3.8, 4) is 0 Å². The average Bonchev–Trinajstić information content (AvgIpc) is 3.37. The van der Waals surface area contributed by atoms with Crippen LogP contribution in [0.5, 0.6) is 0 Å². The molecule has 0 heterocycles. The van der Waals surface area contributed by atoms with Gasteiger partial charge in [0.1, 0.15) is 12.7 Å². The molecule has 0 saturated heterocycles. The third-order valence-corrected chi connectivity index (χ3v) is 11.8. The molecule has 0 radical (unpaired) electrons. The van der Waals surface area contributed by atoms with Gasteiger partial charge in [0.05, 0.1) is 19.8 Å². The van der Waals surface area contributed by atoms with Crippen LogP contribution in [-0.4, -0.2) is 66.5 Å². The van der Waals surface area contributed by atoms with E-state index in [1.807, 2.05) is 0 Å². The van der Waals surface area contributed by atoms with Crippen molar-refractivity contribution >= 4 is 25.7 Å². The maximum absolute atomic E-state index is 12.9. The van der Waals surface area contributed by atoms with Crippen LogP contribution in [0.1, 0.15) is 201 Å². The summed E-state index contributed by atoms with van der Waals surface area (Å²) >= 11 is 0. The number of aliphatic hydroxyl groups excluding tert-OH is 1. The predicted octanol–water partition coefficient (Wildman–Crippen LogP) is 16.0. The number of esters is 3. The molecule has 0 aliphatic rings. The minimum Gasteiger partial charge on any atom is -0.462 e. The summed E-state index contributed by atoms with van der Waals surface area (Å²) in [5.74, 6) is -1.56. The lowest BCUT2D eigenvalue weighted by atomic mass is 10.1. The largest absolute Gasteiger partial charge is 0.472 e. The van der Waals surface area contributed by atoms with E-state index < -0.39 is 57.8 Å². The lowest BCUT2D eigenvalue weighted by Crippen LogP contribution is -2.30. The van der Waals surface area contributed by atoms with Crippen molar-refractivity contribution in [3.63, 3.8) is 0 Å². The summed E-state index contributed by atoms with van der Waals surface area (Å²) in [4.78, 5) is 48.4. The van der Waals surface area contributed by atoms with E-state index in [4.69, 9.17) is 23.3 Å². The van der Waals surface area contributed by atoms with Crippen molar-refractivity contribution in [1.29, 1.82) is 0 Å². The summed E-state index contributed by atoms with van der Waals surface area (Å²) in [6, 6.07) is 0. The highest BCUT2D eigenvalue weighted by Crippen LogP contribution is 2.43. The first-order valence-corrected chi connectivity index (χ1v) is 28.9. The third kappa shape index (κ3) is 50.8. The second-order valence-corrected chi connectivity index (χ2v) is 19.1. The zero-order valence-corrected chi connectivity index (χ0v) is 45.7.